The van der Waals surface area contributed by atoms with E-state index in [1.807, 2.05) is 25.8 Å². The lowest BCUT2D eigenvalue weighted by molar-refractivity contribution is -0.161. The lowest BCUT2D eigenvalue weighted by Crippen LogP contribution is -2.47. The minimum absolute atomic E-state index is 0.287. The normalized spacial score (nSPS) is 25.2. The van der Waals surface area contributed by atoms with Crippen LogP contribution in [0.4, 0.5) is 4.39 Å². The maximum Gasteiger partial charge on any atom is 0.480 e. The van der Waals surface area contributed by atoms with Gasteiger partial charge in [-0.25, -0.2) is 22.8 Å². The standard InChI is InChI=1S/C23H35ClFN2O11P/c1-14(21(2,3)4)33-12-36-39(32,37-13-34-19(30)22(5,6)7)35-11-23(10-24)17(29)16(25)18(38-23)27-9-8-15(28)26-20(27)31/h8-9,16-18,29H,1,10-13H2,2-7H3,(H,26,28,31)/t16-,17+,18-,23-,39?/m1/s1. The Morgan fingerprint density at radius 1 is 1.18 bits per heavy atom. The van der Waals surface area contributed by atoms with Gasteiger partial charge in [-0.15, -0.1) is 11.6 Å². The van der Waals surface area contributed by atoms with Gasteiger partial charge in [-0.3, -0.25) is 23.7 Å². The van der Waals surface area contributed by atoms with E-state index < -0.39 is 86.0 Å². The molecular formula is C23H35ClFN2O11P. The maximum absolute atomic E-state index is 15.1. The molecule has 1 fully saturated rings. The third-order valence-corrected chi connectivity index (χ3v) is 7.32. The van der Waals surface area contributed by atoms with Crippen molar-refractivity contribution < 1.29 is 46.6 Å². The molecule has 39 heavy (non-hydrogen) atoms. The fraction of sp³-hybridized carbons (Fsp3) is 0.696. The van der Waals surface area contributed by atoms with Gasteiger partial charge in [0.2, 0.25) is 6.79 Å². The number of H-pyrrole nitrogens is 1. The molecule has 1 aromatic rings. The zero-order chi connectivity index (χ0) is 29.8. The molecule has 13 nitrogen and oxygen atoms in total. The van der Waals surface area contributed by atoms with E-state index in [0.717, 1.165) is 12.3 Å². The van der Waals surface area contributed by atoms with Crippen LogP contribution in [-0.2, 0) is 37.1 Å². The number of esters is 1. The van der Waals surface area contributed by atoms with Crippen LogP contribution in [0.1, 0.15) is 47.8 Å². The number of allylic oxidation sites excluding steroid dienone is 1. The van der Waals surface area contributed by atoms with Gasteiger partial charge in [0.25, 0.3) is 5.56 Å². The van der Waals surface area contributed by atoms with E-state index in [1.165, 1.54) is 0 Å². The molecule has 1 unspecified atom stereocenters. The first kappa shape index (κ1) is 33.1. The zero-order valence-electron chi connectivity index (χ0n) is 22.6. The molecule has 2 rings (SSSR count). The van der Waals surface area contributed by atoms with E-state index in [1.54, 1.807) is 20.8 Å². The molecule has 0 spiro atoms. The lowest BCUT2D eigenvalue weighted by Gasteiger charge is -2.31. The first-order chi connectivity index (χ1) is 17.8. The Labute approximate surface area is 229 Å². The summed E-state index contributed by atoms with van der Waals surface area (Å²) in [7, 11) is -4.63. The molecule has 0 aromatic carbocycles. The fourth-order valence-electron chi connectivity index (χ4n) is 2.97. The summed E-state index contributed by atoms with van der Waals surface area (Å²) in [5.41, 5.74) is -5.13. The van der Waals surface area contributed by atoms with Crippen LogP contribution in [0.15, 0.2) is 34.2 Å². The van der Waals surface area contributed by atoms with Crippen LogP contribution in [0.2, 0.25) is 0 Å². The number of aromatic nitrogens is 2. The quantitative estimate of drug-likeness (QED) is 0.119. The summed E-state index contributed by atoms with van der Waals surface area (Å²) in [4.78, 5) is 37.5. The Morgan fingerprint density at radius 2 is 1.77 bits per heavy atom. The maximum atomic E-state index is 15.1. The Kier molecular flexibility index (Phi) is 10.7. The Bertz CT molecular complexity index is 1160. The molecule has 1 aliphatic rings. The number of hydrogen-bond acceptors (Lipinski definition) is 11. The second kappa shape index (κ2) is 12.6. The average molecular weight is 601 g/mol. The Morgan fingerprint density at radius 3 is 2.28 bits per heavy atom. The van der Waals surface area contributed by atoms with Gasteiger partial charge in [0.1, 0.15) is 11.7 Å². The van der Waals surface area contributed by atoms with Gasteiger partial charge < -0.3 is 19.3 Å². The summed E-state index contributed by atoms with van der Waals surface area (Å²) < 4.78 is 60.7. The molecule has 0 radical (unpaired) electrons. The van der Waals surface area contributed by atoms with E-state index in [2.05, 4.69) is 6.58 Å². The molecule has 16 heteroatoms. The van der Waals surface area contributed by atoms with E-state index >= 15 is 4.39 Å². The Balaban J connectivity index is 2.22. The van der Waals surface area contributed by atoms with Crippen molar-refractivity contribution in [3.63, 3.8) is 0 Å². The number of rotatable bonds is 12. The second-order valence-corrected chi connectivity index (χ2v) is 12.8. The van der Waals surface area contributed by atoms with Gasteiger partial charge in [-0.2, -0.15) is 0 Å². The lowest BCUT2D eigenvalue weighted by atomic mass is 9.95. The predicted molar refractivity (Wildman–Crippen MR) is 136 cm³/mol. The third-order valence-electron chi connectivity index (χ3n) is 5.58. The van der Waals surface area contributed by atoms with Crippen molar-refractivity contribution in [2.24, 2.45) is 10.8 Å². The van der Waals surface area contributed by atoms with Crippen LogP contribution < -0.4 is 11.2 Å². The van der Waals surface area contributed by atoms with Crippen molar-refractivity contribution in [1.82, 2.24) is 9.55 Å². The van der Waals surface area contributed by atoms with Gasteiger partial charge in [0.05, 0.1) is 23.7 Å². The number of aromatic amines is 1. The summed E-state index contributed by atoms with van der Waals surface area (Å²) >= 11 is 6.01. The highest BCUT2D eigenvalue weighted by molar-refractivity contribution is 7.48. The molecule has 1 saturated heterocycles. The number of nitrogens with zero attached hydrogens (tertiary/aromatic N) is 1. The first-order valence-electron chi connectivity index (χ1n) is 11.8. The van der Waals surface area contributed by atoms with Crippen LogP contribution >= 0.6 is 19.4 Å². The molecule has 1 aromatic heterocycles. The third kappa shape index (κ3) is 8.46. The molecule has 5 atom stereocenters. The monoisotopic (exact) mass is 600 g/mol. The van der Waals surface area contributed by atoms with E-state index in [9.17, 15) is 24.1 Å². The number of ether oxygens (including phenoxy) is 3. The number of phosphoric ester groups is 1. The van der Waals surface area contributed by atoms with Gasteiger partial charge >= 0.3 is 19.5 Å². The molecule has 0 amide bonds. The SMILES string of the molecule is C=C(OCOP(=O)(OCOC(=O)C(C)(C)C)OC[C@@]1(CCl)O[C@@H](n2ccc(=O)[nH]c2=O)[C@H](F)[C@@H]1O)C(C)(C)C. The van der Waals surface area contributed by atoms with E-state index in [0.29, 0.717) is 4.57 Å². The smallest absolute Gasteiger partial charge is 0.471 e. The number of phosphoric acid groups is 1. The summed E-state index contributed by atoms with van der Waals surface area (Å²) in [6, 6.07) is 0.960. The summed E-state index contributed by atoms with van der Waals surface area (Å²) in [5, 5.41) is 10.6. The van der Waals surface area contributed by atoms with Crippen molar-refractivity contribution >= 4 is 25.4 Å². The van der Waals surface area contributed by atoms with Gasteiger partial charge in [0, 0.05) is 17.7 Å². The number of hydrogen-bond donors (Lipinski definition) is 2. The van der Waals surface area contributed by atoms with Crippen LogP contribution in [-0.4, -0.2) is 64.6 Å². The predicted octanol–water partition coefficient (Wildman–Crippen LogP) is 2.98. The summed E-state index contributed by atoms with van der Waals surface area (Å²) in [6.07, 6.45) is -4.90. The molecule has 1 aliphatic heterocycles. The van der Waals surface area contributed by atoms with Gasteiger partial charge in [-0.05, 0) is 20.8 Å². The highest BCUT2D eigenvalue weighted by Gasteiger charge is 2.57. The number of aliphatic hydroxyl groups is 1. The zero-order valence-corrected chi connectivity index (χ0v) is 24.3. The number of carbonyl (C=O) groups excluding carboxylic acids is 1. The Hall–Kier alpha value is -2.06. The second-order valence-electron chi connectivity index (χ2n) is 10.8. The summed E-state index contributed by atoms with van der Waals surface area (Å²) in [5.74, 6) is -0.971. The number of nitrogens with one attached hydrogen (secondary N) is 1. The van der Waals surface area contributed by atoms with Gasteiger partial charge in [0.15, 0.2) is 19.2 Å². The fourth-order valence-corrected chi connectivity index (χ4v) is 4.23. The molecule has 0 aliphatic carbocycles. The highest BCUT2D eigenvalue weighted by atomic mass is 35.5. The molecule has 0 saturated carbocycles. The molecule has 2 N–H and O–H groups in total. The minimum atomic E-state index is -4.63. The van der Waals surface area contributed by atoms with Crippen molar-refractivity contribution in [3.05, 3.63) is 45.4 Å². The van der Waals surface area contributed by atoms with Crippen LogP contribution in [0.25, 0.3) is 0 Å². The van der Waals surface area contributed by atoms with Crippen molar-refractivity contribution in [2.45, 2.75) is 65.6 Å². The van der Waals surface area contributed by atoms with Crippen molar-refractivity contribution in [3.8, 4) is 0 Å². The minimum Gasteiger partial charge on any atom is -0.471 e. The van der Waals surface area contributed by atoms with Crippen LogP contribution in [0.5, 0.6) is 0 Å². The number of aliphatic hydroxyl groups excluding tert-OH is 1. The van der Waals surface area contributed by atoms with Crippen molar-refractivity contribution in [1.29, 1.82) is 0 Å². The largest absolute Gasteiger partial charge is 0.480 e. The molecule has 222 valence electrons. The van der Waals surface area contributed by atoms with Crippen molar-refractivity contribution in [2.75, 3.05) is 26.1 Å². The number of alkyl halides is 2. The summed E-state index contributed by atoms with van der Waals surface area (Å²) in [6.45, 7) is 11.6. The number of carbonyl (C=O) groups is 1. The van der Waals surface area contributed by atoms with E-state index in [4.69, 9.17) is 39.4 Å². The topological polar surface area (TPSA) is 165 Å². The van der Waals surface area contributed by atoms with Crippen LogP contribution in [0.3, 0.4) is 0 Å². The molecule has 0 bridgehead atoms. The van der Waals surface area contributed by atoms with E-state index in [-0.39, 0.29) is 5.76 Å². The average Bonchev–Trinajstić information content (AvgIpc) is 3.07. The first-order valence-corrected chi connectivity index (χ1v) is 13.8. The van der Waals surface area contributed by atoms with Gasteiger partial charge in [-0.1, -0.05) is 27.4 Å². The molecule has 2 heterocycles. The highest BCUT2D eigenvalue weighted by Crippen LogP contribution is 2.52. The van der Waals surface area contributed by atoms with Crippen LogP contribution in [0, 0.1) is 10.8 Å². The number of halogens is 2. The molecular weight excluding hydrogens is 566 g/mol.